The maximum atomic E-state index is 11.5. The molecule has 92 valence electrons. The highest BCUT2D eigenvalue weighted by Gasteiger charge is 2.12. The number of aromatic nitrogens is 2. The van der Waals surface area contributed by atoms with E-state index in [0.717, 1.165) is 0 Å². The zero-order valence-electron chi connectivity index (χ0n) is 9.46. The van der Waals surface area contributed by atoms with Crippen molar-refractivity contribution in [2.24, 2.45) is 0 Å². The van der Waals surface area contributed by atoms with Crippen LogP contribution in [0.2, 0.25) is 0 Å². The number of rotatable bonds is 6. The SMILES string of the molecule is CCN(CC(=O)O)CC(=O)Nc1ncccn1. The summed E-state index contributed by atoms with van der Waals surface area (Å²) in [5.41, 5.74) is 0. The van der Waals surface area contributed by atoms with Gasteiger partial charge in [0.05, 0.1) is 13.1 Å². The third kappa shape index (κ3) is 5.03. The number of carbonyl (C=O) groups excluding carboxylic acids is 1. The number of carboxylic acids is 1. The molecule has 7 heteroatoms. The van der Waals surface area contributed by atoms with Crippen molar-refractivity contribution < 1.29 is 14.7 Å². The molecule has 2 N–H and O–H groups in total. The summed E-state index contributed by atoms with van der Waals surface area (Å²) in [4.78, 5) is 31.2. The molecule has 1 rings (SSSR count). The average molecular weight is 238 g/mol. The number of nitrogens with one attached hydrogen (secondary N) is 1. The molecule has 17 heavy (non-hydrogen) atoms. The van der Waals surface area contributed by atoms with Crippen LogP contribution in [-0.2, 0) is 9.59 Å². The highest BCUT2D eigenvalue weighted by molar-refractivity contribution is 5.90. The van der Waals surface area contributed by atoms with Crippen LogP contribution in [0.25, 0.3) is 0 Å². The summed E-state index contributed by atoms with van der Waals surface area (Å²) in [6.45, 7) is 2.10. The van der Waals surface area contributed by atoms with Crippen LogP contribution in [0, 0.1) is 0 Å². The van der Waals surface area contributed by atoms with Gasteiger partial charge in [0.1, 0.15) is 0 Å². The normalized spacial score (nSPS) is 10.2. The fraction of sp³-hybridized carbons (Fsp3) is 0.400. The summed E-state index contributed by atoms with van der Waals surface area (Å²) in [5.74, 6) is -1.08. The largest absolute Gasteiger partial charge is 0.480 e. The number of carbonyl (C=O) groups is 2. The first-order valence-electron chi connectivity index (χ1n) is 5.13. The molecule has 0 fully saturated rings. The Labute approximate surface area is 98.5 Å². The number of amides is 1. The minimum absolute atomic E-state index is 0.00105. The lowest BCUT2D eigenvalue weighted by Crippen LogP contribution is -2.36. The molecule has 0 saturated heterocycles. The average Bonchev–Trinajstić information content (AvgIpc) is 2.28. The Morgan fingerprint density at radius 2 is 2.00 bits per heavy atom. The van der Waals surface area contributed by atoms with Gasteiger partial charge in [-0.3, -0.25) is 19.8 Å². The monoisotopic (exact) mass is 238 g/mol. The maximum Gasteiger partial charge on any atom is 0.317 e. The van der Waals surface area contributed by atoms with Gasteiger partial charge in [-0.2, -0.15) is 0 Å². The third-order valence-corrected chi connectivity index (χ3v) is 1.99. The number of carboxylic acid groups (broad SMARTS) is 1. The zero-order valence-corrected chi connectivity index (χ0v) is 9.46. The van der Waals surface area contributed by atoms with E-state index < -0.39 is 5.97 Å². The van der Waals surface area contributed by atoms with Crippen molar-refractivity contribution in [3.05, 3.63) is 18.5 Å². The summed E-state index contributed by atoms with van der Waals surface area (Å²) in [5, 5.41) is 11.1. The van der Waals surface area contributed by atoms with Gasteiger partial charge in [-0.1, -0.05) is 6.92 Å². The molecule has 0 aliphatic rings. The highest BCUT2D eigenvalue weighted by Crippen LogP contribution is 1.95. The molecular weight excluding hydrogens is 224 g/mol. The second-order valence-corrected chi connectivity index (χ2v) is 3.32. The minimum atomic E-state index is -0.962. The van der Waals surface area contributed by atoms with Crippen molar-refractivity contribution in [3.8, 4) is 0 Å². The topological polar surface area (TPSA) is 95.4 Å². The summed E-state index contributed by atoms with van der Waals surface area (Å²) in [6.07, 6.45) is 3.02. The van der Waals surface area contributed by atoms with Crippen molar-refractivity contribution in [3.63, 3.8) is 0 Å². The van der Waals surface area contributed by atoms with E-state index in [2.05, 4.69) is 15.3 Å². The van der Waals surface area contributed by atoms with E-state index in [0.29, 0.717) is 6.54 Å². The number of hydrogen-bond acceptors (Lipinski definition) is 5. The number of likely N-dealkylation sites (N-methyl/N-ethyl adjacent to an activating group) is 1. The van der Waals surface area contributed by atoms with Gasteiger partial charge in [-0.05, 0) is 12.6 Å². The van der Waals surface area contributed by atoms with Gasteiger partial charge in [0, 0.05) is 12.4 Å². The van der Waals surface area contributed by atoms with Crippen molar-refractivity contribution >= 4 is 17.8 Å². The summed E-state index contributed by atoms with van der Waals surface area (Å²) < 4.78 is 0. The molecule has 0 radical (unpaired) electrons. The third-order valence-electron chi connectivity index (χ3n) is 1.99. The van der Waals surface area contributed by atoms with E-state index >= 15 is 0 Å². The van der Waals surface area contributed by atoms with Crippen LogP contribution >= 0.6 is 0 Å². The summed E-state index contributed by atoms with van der Waals surface area (Å²) >= 11 is 0. The van der Waals surface area contributed by atoms with Gasteiger partial charge >= 0.3 is 5.97 Å². The molecule has 1 heterocycles. The fourth-order valence-electron chi connectivity index (χ4n) is 1.20. The van der Waals surface area contributed by atoms with Gasteiger partial charge in [0.2, 0.25) is 11.9 Å². The first-order chi connectivity index (χ1) is 8.11. The minimum Gasteiger partial charge on any atom is -0.480 e. The second-order valence-electron chi connectivity index (χ2n) is 3.32. The van der Waals surface area contributed by atoms with E-state index in [1.54, 1.807) is 13.0 Å². The molecule has 0 unspecified atom stereocenters. The molecule has 0 atom stereocenters. The maximum absolute atomic E-state index is 11.5. The van der Waals surface area contributed by atoms with Crippen LogP contribution in [0.1, 0.15) is 6.92 Å². The van der Waals surface area contributed by atoms with Gasteiger partial charge in [0.25, 0.3) is 0 Å². The predicted octanol–water partition coefficient (Wildman–Crippen LogP) is -0.178. The standard InChI is InChI=1S/C10H14N4O3/c1-2-14(7-9(16)17)6-8(15)13-10-11-4-3-5-12-10/h3-5H,2,6-7H2,1H3,(H,16,17)(H,11,12,13,15). The number of aliphatic carboxylic acids is 1. The molecular formula is C10H14N4O3. The van der Waals surface area contributed by atoms with Gasteiger partial charge in [-0.15, -0.1) is 0 Å². The molecule has 7 nitrogen and oxygen atoms in total. The van der Waals surface area contributed by atoms with Gasteiger partial charge in [-0.25, -0.2) is 9.97 Å². The molecule has 0 aliphatic carbocycles. The molecule has 0 saturated carbocycles. The first kappa shape index (κ1) is 13.0. The molecule has 1 aromatic rings. The lowest BCUT2D eigenvalue weighted by molar-refractivity contribution is -0.138. The highest BCUT2D eigenvalue weighted by atomic mass is 16.4. The van der Waals surface area contributed by atoms with Crippen LogP contribution in [0.3, 0.4) is 0 Å². The van der Waals surface area contributed by atoms with Crippen LogP contribution in [-0.4, -0.2) is 51.5 Å². The van der Waals surface area contributed by atoms with E-state index in [1.165, 1.54) is 17.3 Å². The first-order valence-corrected chi connectivity index (χ1v) is 5.13. The van der Waals surface area contributed by atoms with E-state index in [4.69, 9.17) is 5.11 Å². The van der Waals surface area contributed by atoms with E-state index in [9.17, 15) is 9.59 Å². The summed E-state index contributed by atoms with van der Waals surface area (Å²) in [6, 6.07) is 1.64. The van der Waals surface area contributed by atoms with Gasteiger partial charge in [0.15, 0.2) is 0 Å². The van der Waals surface area contributed by atoms with E-state index in [1.807, 2.05) is 0 Å². The Balaban J connectivity index is 2.45. The Kier molecular flexibility index (Phi) is 5.02. The van der Waals surface area contributed by atoms with Crippen molar-refractivity contribution in [1.82, 2.24) is 14.9 Å². The number of anilines is 1. The van der Waals surface area contributed by atoms with Gasteiger partial charge < -0.3 is 5.11 Å². The lowest BCUT2D eigenvalue weighted by atomic mass is 10.4. The Hall–Kier alpha value is -2.02. The summed E-state index contributed by atoms with van der Waals surface area (Å²) in [7, 11) is 0. The van der Waals surface area contributed by atoms with E-state index in [-0.39, 0.29) is 24.9 Å². The van der Waals surface area contributed by atoms with Crippen LogP contribution in [0.4, 0.5) is 5.95 Å². The number of nitrogens with zero attached hydrogens (tertiary/aromatic N) is 3. The van der Waals surface area contributed by atoms with Crippen LogP contribution in [0.5, 0.6) is 0 Å². The Bertz CT molecular complexity index is 382. The second kappa shape index (κ2) is 6.54. The predicted molar refractivity (Wildman–Crippen MR) is 60.4 cm³/mol. The fourth-order valence-corrected chi connectivity index (χ4v) is 1.20. The lowest BCUT2D eigenvalue weighted by Gasteiger charge is -2.16. The van der Waals surface area contributed by atoms with Crippen LogP contribution in [0.15, 0.2) is 18.5 Å². The Morgan fingerprint density at radius 1 is 1.35 bits per heavy atom. The molecule has 0 bridgehead atoms. The molecule has 1 amide bonds. The zero-order chi connectivity index (χ0) is 12.7. The molecule has 1 aromatic heterocycles. The number of hydrogen-bond donors (Lipinski definition) is 2. The molecule has 0 spiro atoms. The van der Waals surface area contributed by atoms with Crippen molar-refractivity contribution in [1.29, 1.82) is 0 Å². The molecule has 0 aliphatic heterocycles. The Morgan fingerprint density at radius 3 is 2.53 bits per heavy atom. The van der Waals surface area contributed by atoms with Crippen molar-refractivity contribution in [2.45, 2.75) is 6.92 Å². The smallest absolute Gasteiger partial charge is 0.317 e. The quantitative estimate of drug-likeness (QED) is 0.714. The van der Waals surface area contributed by atoms with Crippen molar-refractivity contribution in [2.75, 3.05) is 25.0 Å². The van der Waals surface area contributed by atoms with Crippen LogP contribution < -0.4 is 5.32 Å². The molecule has 0 aromatic carbocycles.